The molecule has 0 atom stereocenters. The summed E-state index contributed by atoms with van der Waals surface area (Å²) in [6, 6.07) is 19.0. The van der Waals surface area contributed by atoms with Crippen LogP contribution in [-0.4, -0.2) is 22.2 Å². The summed E-state index contributed by atoms with van der Waals surface area (Å²) < 4.78 is 12.0. The van der Waals surface area contributed by atoms with Crippen LogP contribution in [0.3, 0.4) is 0 Å². The number of amides is 1. The molecule has 1 aliphatic rings. The number of thioether (sulfide) groups is 1. The molecule has 0 spiro atoms. The number of benzene rings is 3. The predicted molar refractivity (Wildman–Crippen MR) is 144 cm³/mol. The SMILES string of the molecule is COc1cc(/C=C2\SC(=S)N(Cc3ccc(C)cc3)C2=O)ccc1OCc1ccc(Cl)c(Cl)c1. The average Bonchev–Trinajstić information content (AvgIpc) is 3.08. The van der Waals surface area contributed by atoms with Crippen molar-refractivity contribution in [3.63, 3.8) is 0 Å². The third kappa shape index (κ3) is 5.76. The number of methoxy groups -OCH3 is 1. The topological polar surface area (TPSA) is 38.8 Å². The van der Waals surface area contributed by atoms with Crippen molar-refractivity contribution in [2.75, 3.05) is 7.11 Å². The third-order valence-corrected chi connectivity index (χ3v) is 7.32. The molecule has 3 aromatic carbocycles. The molecule has 0 unspecified atom stereocenters. The normalized spacial score (nSPS) is 14.7. The zero-order valence-electron chi connectivity index (χ0n) is 18.5. The fraction of sp³-hybridized carbons (Fsp3) is 0.154. The maximum Gasteiger partial charge on any atom is 0.266 e. The standard InChI is InChI=1S/C26H21Cl2NO3S2/c1-16-3-5-17(6-4-16)14-29-25(30)24(34-26(29)33)13-18-8-10-22(23(12-18)31-2)32-15-19-7-9-20(27)21(28)11-19/h3-13H,14-15H2,1-2H3/b24-13-. The van der Waals surface area contributed by atoms with E-state index < -0.39 is 0 Å². The highest BCUT2D eigenvalue weighted by Gasteiger charge is 2.32. The van der Waals surface area contributed by atoms with Gasteiger partial charge in [0.25, 0.3) is 5.91 Å². The molecule has 1 aliphatic heterocycles. The second kappa shape index (κ2) is 10.8. The third-order valence-electron chi connectivity index (χ3n) is 5.20. The molecule has 0 aliphatic carbocycles. The maximum absolute atomic E-state index is 13.0. The monoisotopic (exact) mass is 529 g/mol. The Labute approximate surface area is 218 Å². The van der Waals surface area contributed by atoms with E-state index in [0.717, 1.165) is 16.7 Å². The van der Waals surface area contributed by atoms with Crippen LogP contribution in [0.5, 0.6) is 11.5 Å². The van der Waals surface area contributed by atoms with Crippen molar-refractivity contribution in [2.24, 2.45) is 0 Å². The van der Waals surface area contributed by atoms with E-state index in [2.05, 4.69) is 0 Å². The van der Waals surface area contributed by atoms with E-state index in [0.29, 0.717) is 43.9 Å². The second-order valence-corrected chi connectivity index (χ2v) is 10.2. The van der Waals surface area contributed by atoms with Crippen LogP contribution in [0.1, 0.15) is 22.3 Å². The van der Waals surface area contributed by atoms with Gasteiger partial charge < -0.3 is 9.47 Å². The number of carbonyl (C=O) groups is 1. The molecule has 1 amide bonds. The van der Waals surface area contributed by atoms with Gasteiger partial charge >= 0.3 is 0 Å². The smallest absolute Gasteiger partial charge is 0.266 e. The van der Waals surface area contributed by atoms with E-state index in [9.17, 15) is 4.79 Å². The lowest BCUT2D eigenvalue weighted by Gasteiger charge is -2.14. The molecule has 4 rings (SSSR count). The summed E-state index contributed by atoms with van der Waals surface area (Å²) in [6.45, 7) is 2.79. The van der Waals surface area contributed by atoms with Crippen LogP contribution in [0.25, 0.3) is 6.08 Å². The molecule has 1 heterocycles. The lowest BCUT2D eigenvalue weighted by atomic mass is 10.1. The molecule has 4 nitrogen and oxygen atoms in total. The molecule has 1 fully saturated rings. The highest BCUT2D eigenvalue weighted by molar-refractivity contribution is 8.26. The molecule has 1 saturated heterocycles. The van der Waals surface area contributed by atoms with Crippen LogP contribution in [0.15, 0.2) is 65.6 Å². The van der Waals surface area contributed by atoms with Crippen molar-refractivity contribution in [2.45, 2.75) is 20.1 Å². The number of aryl methyl sites for hydroxylation is 1. The number of hydrogen-bond donors (Lipinski definition) is 0. The first-order chi connectivity index (χ1) is 16.3. The molecule has 0 aromatic heterocycles. The summed E-state index contributed by atoms with van der Waals surface area (Å²) in [4.78, 5) is 15.2. The number of nitrogens with zero attached hydrogens (tertiary/aromatic N) is 1. The predicted octanol–water partition coefficient (Wildman–Crippen LogP) is 7.29. The summed E-state index contributed by atoms with van der Waals surface area (Å²) >= 11 is 18.8. The Morgan fingerprint density at radius 2 is 1.71 bits per heavy atom. The van der Waals surface area contributed by atoms with Gasteiger partial charge in [0.15, 0.2) is 11.5 Å². The first-order valence-corrected chi connectivity index (χ1v) is 12.4. The minimum atomic E-state index is -0.102. The van der Waals surface area contributed by atoms with Crippen molar-refractivity contribution in [1.82, 2.24) is 4.90 Å². The number of ether oxygens (including phenoxy) is 2. The van der Waals surface area contributed by atoms with Crippen LogP contribution in [0.2, 0.25) is 10.0 Å². The Morgan fingerprint density at radius 3 is 2.41 bits per heavy atom. The lowest BCUT2D eigenvalue weighted by molar-refractivity contribution is -0.122. The fourth-order valence-corrected chi connectivity index (χ4v) is 4.92. The van der Waals surface area contributed by atoms with E-state index in [1.54, 1.807) is 24.1 Å². The maximum atomic E-state index is 13.0. The van der Waals surface area contributed by atoms with Gasteiger partial charge in [0.2, 0.25) is 0 Å². The Hall–Kier alpha value is -2.51. The molecular formula is C26H21Cl2NO3S2. The van der Waals surface area contributed by atoms with Gasteiger partial charge in [-0.1, -0.05) is 89.1 Å². The van der Waals surface area contributed by atoms with E-state index in [1.807, 2.05) is 61.5 Å². The number of hydrogen-bond acceptors (Lipinski definition) is 5. The molecule has 34 heavy (non-hydrogen) atoms. The van der Waals surface area contributed by atoms with Crippen LogP contribution in [-0.2, 0) is 17.9 Å². The highest BCUT2D eigenvalue weighted by Crippen LogP contribution is 2.36. The first-order valence-electron chi connectivity index (χ1n) is 10.4. The molecule has 0 N–H and O–H groups in total. The summed E-state index contributed by atoms with van der Waals surface area (Å²) in [5, 5.41) is 0.974. The van der Waals surface area contributed by atoms with Gasteiger partial charge in [-0.25, -0.2) is 0 Å². The minimum Gasteiger partial charge on any atom is -0.493 e. The number of halogens is 2. The number of carbonyl (C=O) groups excluding carboxylic acids is 1. The van der Waals surface area contributed by atoms with E-state index >= 15 is 0 Å². The molecular weight excluding hydrogens is 509 g/mol. The fourth-order valence-electron chi connectivity index (χ4n) is 3.35. The minimum absolute atomic E-state index is 0.102. The van der Waals surface area contributed by atoms with E-state index in [-0.39, 0.29) is 5.91 Å². The van der Waals surface area contributed by atoms with Gasteiger partial charge in [0.1, 0.15) is 10.9 Å². The second-order valence-electron chi connectivity index (χ2n) is 7.70. The van der Waals surface area contributed by atoms with E-state index in [1.165, 1.54) is 17.3 Å². The van der Waals surface area contributed by atoms with Crippen molar-refractivity contribution in [1.29, 1.82) is 0 Å². The molecule has 174 valence electrons. The van der Waals surface area contributed by atoms with Crippen LogP contribution in [0.4, 0.5) is 0 Å². The highest BCUT2D eigenvalue weighted by atomic mass is 35.5. The van der Waals surface area contributed by atoms with Crippen LogP contribution < -0.4 is 9.47 Å². The Kier molecular flexibility index (Phi) is 7.84. The quantitative estimate of drug-likeness (QED) is 0.237. The molecule has 0 bridgehead atoms. The van der Waals surface area contributed by atoms with Gasteiger partial charge in [-0.3, -0.25) is 9.69 Å². The van der Waals surface area contributed by atoms with Gasteiger partial charge in [-0.05, 0) is 54.0 Å². The molecule has 3 aromatic rings. The molecule has 0 saturated carbocycles. The number of thiocarbonyl (C=S) groups is 1. The average molecular weight is 530 g/mol. The Balaban J connectivity index is 1.47. The summed E-state index contributed by atoms with van der Waals surface area (Å²) in [6.07, 6.45) is 1.82. The number of rotatable bonds is 7. The summed E-state index contributed by atoms with van der Waals surface area (Å²) in [5.74, 6) is 1.04. The summed E-state index contributed by atoms with van der Waals surface area (Å²) in [7, 11) is 1.58. The Morgan fingerprint density at radius 1 is 0.971 bits per heavy atom. The van der Waals surface area contributed by atoms with Gasteiger partial charge in [0.05, 0.1) is 28.6 Å². The van der Waals surface area contributed by atoms with Crippen molar-refractivity contribution in [3.8, 4) is 11.5 Å². The van der Waals surface area contributed by atoms with Crippen LogP contribution in [0, 0.1) is 6.92 Å². The summed E-state index contributed by atoms with van der Waals surface area (Å²) in [5.41, 5.74) is 3.91. The van der Waals surface area contributed by atoms with Gasteiger partial charge in [-0.15, -0.1) is 0 Å². The molecule has 8 heteroatoms. The Bertz CT molecular complexity index is 1280. The zero-order chi connectivity index (χ0) is 24.2. The lowest BCUT2D eigenvalue weighted by Crippen LogP contribution is -2.27. The van der Waals surface area contributed by atoms with Crippen molar-refractivity contribution >= 4 is 63.5 Å². The zero-order valence-corrected chi connectivity index (χ0v) is 21.7. The van der Waals surface area contributed by atoms with Crippen molar-refractivity contribution in [3.05, 3.63) is 97.9 Å². The first kappa shape index (κ1) is 24.6. The molecule has 0 radical (unpaired) electrons. The van der Waals surface area contributed by atoms with Crippen LogP contribution >= 0.6 is 47.2 Å². The largest absolute Gasteiger partial charge is 0.493 e. The van der Waals surface area contributed by atoms with Gasteiger partial charge in [0, 0.05) is 0 Å². The van der Waals surface area contributed by atoms with Crippen molar-refractivity contribution < 1.29 is 14.3 Å². The van der Waals surface area contributed by atoms with E-state index in [4.69, 9.17) is 44.9 Å². The van der Waals surface area contributed by atoms with Gasteiger partial charge in [-0.2, -0.15) is 0 Å².